The maximum absolute atomic E-state index is 2.50. The summed E-state index contributed by atoms with van der Waals surface area (Å²) in [6, 6.07) is 108. The molecule has 0 bridgehead atoms. The molecule has 1 aromatic heterocycles. The molecule has 2 nitrogen and oxygen atoms in total. The van der Waals surface area contributed by atoms with E-state index in [1.165, 1.54) is 94.1 Å². The Morgan fingerprint density at radius 1 is 0.253 bits per heavy atom. The molecule has 0 atom stereocenters. The third-order valence-electron chi connectivity index (χ3n) is 16.1. The summed E-state index contributed by atoms with van der Waals surface area (Å²) < 4.78 is 2.37. The van der Waals surface area contributed by atoms with Gasteiger partial charge in [0, 0.05) is 33.4 Å². The quantitative estimate of drug-likeness (QED) is 0.147. The van der Waals surface area contributed by atoms with E-state index in [0.29, 0.717) is 0 Å². The molecule has 1 heterocycles. The minimum Gasteiger partial charge on any atom is -0.310 e. The maximum Gasteiger partial charge on any atom is 0.0726 e. The van der Waals surface area contributed by atoms with Gasteiger partial charge in [0.05, 0.1) is 22.1 Å². The summed E-state index contributed by atoms with van der Waals surface area (Å²) >= 11 is 0. The molecule has 0 radical (unpaired) electrons. The highest BCUT2D eigenvalue weighted by Crippen LogP contribution is 2.63. The Balaban J connectivity index is 0.850. The lowest BCUT2D eigenvalue weighted by atomic mass is 9.70. The molecular formula is C73H48N2. The van der Waals surface area contributed by atoms with Gasteiger partial charge in [0.25, 0.3) is 0 Å². The summed E-state index contributed by atoms with van der Waals surface area (Å²) in [5, 5.41) is 2.54. The summed E-state index contributed by atoms with van der Waals surface area (Å²) in [6.45, 7) is 0. The Morgan fingerprint density at radius 2 is 0.640 bits per heavy atom. The van der Waals surface area contributed by atoms with Gasteiger partial charge in [-0.1, -0.05) is 237 Å². The highest BCUT2D eigenvalue weighted by Gasteiger charge is 2.51. The molecule has 0 amide bonds. The van der Waals surface area contributed by atoms with E-state index in [-0.39, 0.29) is 0 Å². The van der Waals surface area contributed by atoms with E-state index < -0.39 is 5.41 Å². The number of fused-ring (bicyclic) bond motifs is 13. The van der Waals surface area contributed by atoms with Crippen LogP contribution in [0.25, 0.3) is 94.3 Å². The molecule has 2 aliphatic carbocycles. The lowest BCUT2D eigenvalue weighted by Crippen LogP contribution is -2.26. The minimum absolute atomic E-state index is 0.473. The van der Waals surface area contributed by atoms with Crippen LogP contribution in [0.4, 0.5) is 17.1 Å². The molecule has 0 fully saturated rings. The fourth-order valence-corrected chi connectivity index (χ4v) is 12.7. The molecule has 0 N–H and O–H groups in total. The van der Waals surface area contributed by atoms with Gasteiger partial charge in [0.15, 0.2) is 0 Å². The van der Waals surface area contributed by atoms with Crippen LogP contribution in [0.3, 0.4) is 0 Å². The minimum atomic E-state index is -0.473. The van der Waals surface area contributed by atoms with Gasteiger partial charge < -0.3 is 9.47 Å². The molecule has 0 unspecified atom stereocenters. The number of para-hydroxylation sites is 2. The van der Waals surface area contributed by atoms with Crippen LogP contribution in [-0.2, 0) is 5.41 Å². The van der Waals surface area contributed by atoms with Gasteiger partial charge in [-0.3, -0.25) is 0 Å². The zero-order valence-corrected chi connectivity index (χ0v) is 41.1. The summed E-state index contributed by atoms with van der Waals surface area (Å²) in [5.41, 5.74) is 26.3. The highest BCUT2D eigenvalue weighted by molar-refractivity contribution is 6.09. The fourth-order valence-electron chi connectivity index (χ4n) is 12.7. The second-order valence-corrected chi connectivity index (χ2v) is 20.0. The van der Waals surface area contributed by atoms with Crippen molar-refractivity contribution in [1.82, 2.24) is 4.57 Å². The van der Waals surface area contributed by atoms with Crippen molar-refractivity contribution in [2.75, 3.05) is 4.90 Å². The van der Waals surface area contributed by atoms with E-state index in [2.05, 4.69) is 301 Å². The average molecular weight is 953 g/mol. The van der Waals surface area contributed by atoms with Crippen LogP contribution in [-0.4, -0.2) is 4.57 Å². The topological polar surface area (TPSA) is 8.17 Å². The molecule has 2 heteroatoms. The van der Waals surface area contributed by atoms with Gasteiger partial charge in [-0.15, -0.1) is 0 Å². The Hall–Kier alpha value is -9.76. The lowest BCUT2D eigenvalue weighted by Gasteiger charge is -2.33. The largest absolute Gasteiger partial charge is 0.310 e. The van der Waals surface area contributed by atoms with Crippen LogP contribution in [0.1, 0.15) is 22.3 Å². The summed E-state index contributed by atoms with van der Waals surface area (Å²) in [4.78, 5) is 2.49. The smallest absolute Gasteiger partial charge is 0.0726 e. The predicted molar refractivity (Wildman–Crippen MR) is 314 cm³/mol. The molecule has 350 valence electrons. The van der Waals surface area contributed by atoms with Gasteiger partial charge in [-0.05, 0) is 138 Å². The second kappa shape index (κ2) is 17.2. The molecule has 0 aliphatic heterocycles. The van der Waals surface area contributed by atoms with Crippen molar-refractivity contribution in [3.05, 3.63) is 313 Å². The van der Waals surface area contributed by atoms with Gasteiger partial charge in [0.2, 0.25) is 0 Å². The summed E-state index contributed by atoms with van der Waals surface area (Å²) in [5.74, 6) is 0. The van der Waals surface area contributed by atoms with E-state index >= 15 is 0 Å². The number of anilines is 3. The molecular weight excluding hydrogens is 905 g/mol. The SMILES string of the molecule is c1ccc(-c2ccc(-c3ccccc3)c(N(c3ccc(-c4ccc(-c5ccc(-n6c7ccccc7c7ccccc76)cc5)cc4)cc3)c3ccc4c(c3)C3(c5ccccc5-c5ccccc53)c3ccccc3-4)c2)cc1. The number of rotatable bonds is 8. The van der Waals surface area contributed by atoms with Crippen molar-refractivity contribution in [2.24, 2.45) is 0 Å². The number of hydrogen-bond donors (Lipinski definition) is 0. The molecule has 0 saturated carbocycles. The third-order valence-corrected chi connectivity index (χ3v) is 16.1. The van der Waals surface area contributed by atoms with E-state index in [0.717, 1.165) is 39.4 Å². The Bertz CT molecular complexity index is 4200. The van der Waals surface area contributed by atoms with Gasteiger partial charge in [-0.25, -0.2) is 0 Å². The molecule has 13 aromatic rings. The first-order chi connectivity index (χ1) is 37.2. The second-order valence-electron chi connectivity index (χ2n) is 20.0. The first kappa shape index (κ1) is 42.9. The van der Waals surface area contributed by atoms with E-state index in [9.17, 15) is 0 Å². The zero-order valence-electron chi connectivity index (χ0n) is 41.1. The lowest BCUT2D eigenvalue weighted by molar-refractivity contribution is 0.793. The fraction of sp³-hybridized carbons (Fsp3) is 0.0137. The van der Waals surface area contributed by atoms with E-state index in [1.807, 2.05) is 0 Å². The van der Waals surface area contributed by atoms with Crippen LogP contribution < -0.4 is 4.90 Å². The van der Waals surface area contributed by atoms with Gasteiger partial charge in [-0.2, -0.15) is 0 Å². The maximum atomic E-state index is 2.50. The average Bonchev–Trinajstić information content (AvgIpc) is 4.29. The molecule has 0 saturated heterocycles. The number of hydrogen-bond acceptors (Lipinski definition) is 1. The van der Waals surface area contributed by atoms with Gasteiger partial charge >= 0.3 is 0 Å². The van der Waals surface area contributed by atoms with E-state index in [1.54, 1.807) is 0 Å². The molecule has 2 aliphatic rings. The van der Waals surface area contributed by atoms with Crippen molar-refractivity contribution in [1.29, 1.82) is 0 Å². The molecule has 15 rings (SSSR count). The Morgan fingerprint density at radius 3 is 1.19 bits per heavy atom. The van der Waals surface area contributed by atoms with Crippen molar-refractivity contribution in [3.63, 3.8) is 0 Å². The van der Waals surface area contributed by atoms with Crippen molar-refractivity contribution in [2.45, 2.75) is 5.41 Å². The van der Waals surface area contributed by atoms with Crippen LogP contribution in [0.2, 0.25) is 0 Å². The monoisotopic (exact) mass is 952 g/mol. The first-order valence-corrected chi connectivity index (χ1v) is 26.0. The van der Waals surface area contributed by atoms with Crippen molar-refractivity contribution >= 4 is 38.9 Å². The molecule has 12 aromatic carbocycles. The van der Waals surface area contributed by atoms with Gasteiger partial charge in [0.1, 0.15) is 0 Å². The normalized spacial score (nSPS) is 12.6. The van der Waals surface area contributed by atoms with Crippen LogP contribution >= 0.6 is 0 Å². The van der Waals surface area contributed by atoms with E-state index in [4.69, 9.17) is 0 Å². The number of aromatic nitrogens is 1. The first-order valence-electron chi connectivity index (χ1n) is 26.0. The highest BCUT2D eigenvalue weighted by atomic mass is 15.1. The van der Waals surface area contributed by atoms with Crippen LogP contribution in [0.5, 0.6) is 0 Å². The van der Waals surface area contributed by atoms with Crippen molar-refractivity contribution in [3.8, 4) is 72.4 Å². The van der Waals surface area contributed by atoms with Crippen LogP contribution in [0.15, 0.2) is 291 Å². The number of nitrogens with zero attached hydrogens (tertiary/aromatic N) is 2. The molecule has 75 heavy (non-hydrogen) atoms. The molecule has 1 spiro atoms. The number of benzene rings is 12. The Kier molecular flexibility index (Phi) is 9.83. The van der Waals surface area contributed by atoms with Crippen molar-refractivity contribution < 1.29 is 0 Å². The third kappa shape index (κ3) is 6.66. The van der Waals surface area contributed by atoms with Crippen LogP contribution in [0, 0.1) is 0 Å². The zero-order chi connectivity index (χ0) is 49.5. The predicted octanol–water partition coefficient (Wildman–Crippen LogP) is 19.3. The Labute approximate surface area is 437 Å². The standard InChI is InChI=1S/C73H48N2/c1-3-17-49(18-4-1)55-39-45-59(54-19-5-2-6-20-54)72(47-55)74(58-44-46-63-62-23-9-14-28-68(62)73(69(63)48-58)66-26-12-7-21-60(66)61-22-8-13-27-67(61)73)56-40-35-52(36-41-56)50-31-33-51(34-32-50)53-37-42-57(43-38-53)75-70-29-15-10-24-64(70)65-25-11-16-30-71(65)75/h1-48H. The summed E-state index contributed by atoms with van der Waals surface area (Å²) in [6.07, 6.45) is 0. The summed E-state index contributed by atoms with van der Waals surface area (Å²) in [7, 11) is 0.